The maximum atomic E-state index is 4.67. The van der Waals surface area contributed by atoms with E-state index in [2.05, 4.69) is 53.6 Å². The molecule has 0 fully saturated rings. The second-order valence-electron chi connectivity index (χ2n) is 5.91. The molecule has 0 saturated carbocycles. The highest BCUT2D eigenvalue weighted by Gasteiger charge is 2.22. The monoisotopic (exact) mass is 280 g/mol. The minimum atomic E-state index is 0.473. The molecule has 1 aromatic carbocycles. The number of benzene rings is 1. The van der Waals surface area contributed by atoms with Crippen molar-refractivity contribution in [3.63, 3.8) is 0 Å². The highest BCUT2D eigenvalue weighted by atomic mass is 14.8. The second-order valence-corrected chi connectivity index (χ2v) is 5.91. The fourth-order valence-electron chi connectivity index (χ4n) is 3.26. The lowest BCUT2D eigenvalue weighted by atomic mass is 9.82. The van der Waals surface area contributed by atoms with Gasteiger partial charge >= 0.3 is 0 Å². The summed E-state index contributed by atoms with van der Waals surface area (Å²) in [6.07, 6.45) is 6.78. The van der Waals surface area contributed by atoms with Gasteiger partial charge in [0.1, 0.15) is 0 Å². The van der Waals surface area contributed by atoms with E-state index in [0.717, 1.165) is 13.1 Å². The van der Waals surface area contributed by atoms with E-state index in [1.165, 1.54) is 48.1 Å². The van der Waals surface area contributed by atoms with Gasteiger partial charge in [-0.15, -0.1) is 0 Å². The van der Waals surface area contributed by atoms with Crippen molar-refractivity contribution < 1.29 is 0 Å². The van der Waals surface area contributed by atoms with Crippen LogP contribution in [0.5, 0.6) is 0 Å². The summed E-state index contributed by atoms with van der Waals surface area (Å²) >= 11 is 0. The van der Waals surface area contributed by atoms with E-state index in [9.17, 15) is 0 Å². The SMILES string of the molecule is CCCNCc1cccc(C2CCCc3cccnc32)c1. The first-order chi connectivity index (χ1) is 10.4. The van der Waals surface area contributed by atoms with E-state index < -0.39 is 0 Å². The van der Waals surface area contributed by atoms with Crippen molar-refractivity contribution in [2.75, 3.05) is 6.54 Å². The molecule has 1 N–H and O–H groups in total. The Balaban J connectivity index is 1.83. The van der Waals surface area contributed by atoms with E-state index in [4.69, 9.17) is 0 Å². The lowest BCUT2D eigenvalue weighted by Gasteiger charge is -2.25. The molecule has 1 aliphatic rings. The molecule has 0 radical (unpaired) electrons. The molecule has 3 rings (SSSR count). The largest absolute Gasteiger partial charge is 0.313 e. The molecular formula is C19H24N2. The molecule has 1 unspecified atom stereocenters. The quantitative estimate of drug-likeness (QED) is 0.836. The Morgan fingerprint density at radius 1 is 1.24 bits per heavy atom. The Morgan fingerprint density at radius 2 is 2.19 bits per heavy atom. The summed E-state index contributed by atoms with van der Waals surface area (Å²) in [5.41, 5.74) is 5.53. The third-order valence-electron chi connectivity index (χ3n) is 4.30. The maximum absolute atomic E-state index is 4.67. The predicted octanol–water partition coefficient (Wildman–Crippen LogP) is 4.05. The number of hydrogen-bond acceptors (Lipinski definition) is 2. The summed E-state index contributed by atoms with van der Waals surface area (Å²) < 4.78 is 0. The van der Waals surface area contributed by atoms with Crippen LogP contribution < -0.4 is 5.32 Å². The summed E-state index contributed by atoms with van der Waals surface area (Å²) in [7, 11) is 0. The Bertz CT molecular complexity index is 592. The van der Waals surface area contributed by atoms with Crippen LogP contribution in [0.15, 0.2) is 42.6 Å². The molecule has 110 valence electrons. The first kappa shape index (κ1) is 14.3. The van der Waals surface area contributed by atoms with Crippen LogP contribution in [0.25, 0.3) is 0 Å². The van der Waals surface area contributed by atoms with Gasteiger partial charge in [0.15, 0.2) is 0 Å². The fourth-order valence-corrected chi connectivity index (χ4v) is 3.26. The minimum Gasteiger partial charge on any atom is -0.313 e. The summed E-state index contributed by atoms with van der Waals surface area (Å²) in [6.45, 7) is 4.25. The van der Waals surface area contributed by atoms with E-state index in [1.54, 1.807) is 0 Å². The van der Waals surface area contributed by atoms with Gasteiger partial charge in [-0.3, -0.25) is 4.98 Å². The van der Waals surface area contributed by atoms with Gasteiger partial charge in [-0.1, -0.05) is 37.3 Å². The summed E-state index contributed by atoms with van der Waals surface area (Å²) in [4.78, 5) is 4.67. The van der Waals surface area contributed by atoms with Crippen LogP contribution in [-0.2, 0) is 13.0 Å². The number of fused-ring (bicyclic) bond motifs is 1. The molecule has 0 aliphatic heterocycles. The van der Waals surface area contributed by atoms with Crippen LogP contribution in [0.4, 0.5) is 0 Å². The molecule has 1 aromatic heterocycles. The minimum absolute atomic E-state index is 0.473. The number of pyridine rings is 1. The van der Waals surface area contributed by atoms with Crippen LogP contribution in [0, 0.1) is 0 Å². The molecule has 1 heterocycles. The van der Waals surface area contributed by atoms with Crippen molar-refractivity contribution in [1.29, 1.82) is 0 Å². The van der Waals surface area contributed by atoms with Gasteiger partial charge in [0.05, 0.1) is 5.69 Å². The van der Waals surface area contributed by atoms with Crippen molar-refractivity contribution >= 4 is 0 Å². The molecule has 0 amide bonds. The Morgan fingerprint density at radius 3 is 3.10 bits per heavy atom. The molecule has 1 aliphatic carbocycles. The molecule has 1 atom stereocenters. The summed E-state index contributed by atoms with van der Waals surface area (Å²) in [5, 5.41) is 3.49. The molecule has 0 spiro atoms. The Hall–Kier alpha value is -1.67. The Kier molecular flexibility index (Phi) is 4.66. The number of rotatable bonds is 5. The zero-order chi connectivity index (χ0) is 14.5. The standard InChI is InChI=1S/C19H24N2/c1-2-11-20-14-15-6-3-8-17(13-15)18-10-4-7-16-9-5-12-21-19(16)18/h3,5-6,8-9,12-13,18,20H,2,4,7,10-11,14H2,1H3. The smallest absolute Gasteiger partial charge is 0.0510 e. The highest BCUT2D eigenvalue weighted by Crippen LogP contribution is 2.35. The van der Waals surface area contributed by atoms with Gasteiger partial charge in [0.25, 0.3) is 0 Å². The molecule has 0 saturated heterocycles. The summed E-state index contributed by atoms with van der Waals surface area (Å²) in [5.74, 6) is 0.473. The van der Waals surface area contributed by atoms with Crippen molar-refractivity contribution in [2.45, 2.75) is 45.1 Å². The van der Waals surface area contributed by atoms with Gasteiger partial charge in [0, 0.05) is 18.7 Å². The third kappa shape index (κ3) is 3.33. The van der Waals surface area contributed by atoms with Gasteiger partial charge in [-0.2, -0.15) is 0 Å². The van der Waals surface area contributed by atoms with Crippen molar-refractivity contribution in [3.8, 4) is 0 Å². The number of aryl methyl sites for hydroxylation is 1. The van der Waals surface area contributed by atoms with Crippen LogP contribution in [0.1, 0.15) is 54.5 Å². The third-order valence-corrected chi connectivity index (χ3v) is 4.30. The summed E-state index contributed by atoms with van der Waals surface area (Å²) in [6, 6.07) is 13.3. The van der Waals surface area contributed by atoms with E-state index in [-0.39, 0.29) is 0 Å². The van der Waals surface area contributed by atoms with Crippen molar-refractivity contribution in [2.24, 2.45) is 0 Å². The Labute approximate surface area is 127 Å². The first-order valence-electron chi connectivity index (χ1n) is 8.12. The number of aromatic nitrogens is 1. The van der Waals surface area contributed by atoms with Crippen LogP contribution in [0.2, 0.25) is 0 Å². The average molecular weight is 280 g/mol. The number of hydrogen-bond donors (Lipinski definition) is 1. The first-order valence-corrected chi connectivity index (χ1v) is 8.12. The van der Waals surface area contributed by atoms with Crippen LogP contribution >= 0.6 is 0 Å². The molecule has 0 bridgehead atoms. The van der Waals surface area contributed by atoms with Crippen molar-refractivity contribution in [3.05, 3.63) is 65.0 Å². The van der Waals surface area contributed by atoms with Gasteiger partial charge in [-0.25, -0.2) is 0 Å². The van der Waals surface area contributed by atoms with E-state index >= 15 is 0 Å². The zero-order valence-electron chi connectivity index (χ0n) is 12.8. The van der Waals surface area contributed by atoms with Crippen molar-refractivity contribution in [1.82, 2.24) is 10.3 Å². The molecule has 2 aromatic rings. The van der Waals surface area contributed by atoms with E-state index in [1.807, 2.05) is 6.20 Å². The van der Waals surface area contributed by atoms with Gasteiger partial charge in [-0.05, 0) is 55.0 Å². The lowest BCUT2D eigenvalue weighted by molar-refractivity contribution is 0.597. The zero-order valence-corrected chi connectivity index (χ0v) is 12.8. The maximum Gasteiger partial charge on any atom is 0.0510 e. The highest BCUT2D eigenvalue weighted by molar-refractivity contribution is 5.37. The van der Waals surface area contributed by atoms with E-state index in [0.29, 0.717) is 5.92 Å². The molecule has 21 heavy (non-hydrogen) atoms. The topological polar surface area (TPSA) is 24.9 Å². The van der Waals surface area contributed by atoms with Crippen LogP contribution in [0.3, 0.4) is 0 Å². The molecule has 2 nitrogen and oxygen atoms in total. The fraction of sp³-hybridized carbons (Fsp3) is 0.421. The van der Waals surface area contributed by atoms with Gasteiger partial charge in [0.2, 0.25) is 0 Å². The van der Waals surface area contributed by atoms with Gasteiger partial charge < -0.3 is 5.32 Å². The predicted molar refractivity (Wildman–Crippen MR) is 87.5 cm³/mol. The lowest BCUT2D eigenvalue weighted by Crippen LogP contribution is -2.15. The second kappa shape index (κ2) is 6.86. The normalized spacial score (nSPS) is 17.5. The van der Waals surface area contributed by atoms with Crippen LogP contribution in [-0.4, -0.2) is 11.5 Å². The number of nitrogens with one attached hydrogen (secondary N) is 1. The molecular weight excluding hydrogens is 256 g/mol. The average Bonchev–Trinajstić information content (AvgIpc) is 2.55. The number of nitrogens with zero attached hydrogens (tertiary/aromatic N) is 1. The molecule has 2 heteroatoms.